The summed E-state index contributed by atoms with van der Waals surface area (Å²) in [6.07, 6.45) is 1.66. The molecule has 208 valence electrons. The van der Waals surface area contributed by atoms with Gasteiger partial charge in [0.15, 0.2) is 0 Å². The molecule has 0 spiro atoms. The lowest BCUT2D eigenvalue weighted by atomic mass is 10.1. The molecular weight excluding hydrogens is 501 g/mol. The number of nitrogens with zero attached hydrogens (tertiary/aromatic N) is 1. The summed E-state index contributed by atoms with van der Waals surface area (Å²) in [5.74, 6) is -2.79. The van der Waals surface area contributed by atoms with Gasteiger partial charge in [0.25, 0.3) is 11.8 Å². The summed E-state index contributed by atoms with van der Waals surface area (Å²) in [6.45, 7) is 10.7. The molecule has 3 amide bonds. The van der Waals surface area contributed by atoms with Crippen LogP contribution in [0.3, 0.4) is 0 Å². The molecule has 0 radical (unpaired) electrons. The highest BCUT2D eigenvalue weighted by molar-refractivity contribution is 7.58. The summed E-state index contributed by atoms with van der Waals surface area (Å²) < 4.78 is 13.5. The fourth-order valence-electron chi connectivity index (χ4n) is 4.23. The van der Waals surface area contributed by atoms with Crippen molar-refractivity contribution in [3.63, 3.8) is 0 Å². The SMILES string of the molecule is CCCN(CCC)C(=O)c1cccc(C(=O)NC(CC(C)C)P(=O)(O)CC(C)C(=O)Nc2ccccc2)c1. The predicted molar refractivity (Wildman–Crippen MR) is 153 cm³/mol. The number of nitrogens with one attached hydrogen (secondary N) is 2. The largest absolute Gasteiger partial charge is 0.343 e. The minimum Gasteiger partial charge on any atom is -0.343 e. The van der Waals surface area contributed by atoms with E-state index in [-0.39, 0.29) is 35.9 Å². The molecule has 3 unspecified atom stereocenters. The van der Waals surface area contributed by atoms with Crippen molar-refractivity contribution in [2.75, 3.05) is 24.6 Å². The molecule has 0 aliphatic carbocycles. The van der Waals surface area contributed by atoms with Gasteiger partial charge in [-0.2, -0.15) is 0 Å². The van der Waals surface area contributed by atoms with Crippen molar-refractivity contribution in [3.05, 3.63) is 65.7 Å². The van der Waals surface area contributed by atoms with Crippen LogP contribution in [0.1, 0.15) is 74.6 Å². The molecule has 3 atom stereocenters. The Bertz CT molecular complexity index is 1120. The average molecular weight is 544 g/mol. The first-order valence-corrected chi connectivity index (χ1v) is 15.3. The first-order chi connectivity index (χ1) is 18.0. The van der Waals surface area contributed by atoms with E-state index in [1.54, 1.807) is 54.3 Å². The Morgan fingerprint density at radius 1 is 0.921 bits per heavy atom. The maximum absolute atomic E-state index is 13.5. The first-order valence-electron chi connectivity index (χ1n) is 13.4. The smallest absolute Gasteiger partial charge is 0.253 e. The minimum absolute atomic E-state index is 0.0267. The zero-order valence-electron chi connectivity index (χ0n) is 23.1. The number of hydrogen-bond donors (Lipinski definition) is 3. The van der Waals surface area contributed by atoms with Crippen LogP contribution in [0, 0.1) is 11.8 Å². The van der Waals surface area contributed by atoms with Crippen molar-refractivity contribution in [1.29, 1.82) is 0 Å². The Labute approximate surface area is 226 Å². The van der Waals surface area contributed by atoms with Crippen LogP contribution in [0.2, 0.25) is 0 Å². The molecule has 2 aromatic rings. The summed E-state index contributed by atoms with van der Waals surface area (Å²) in [7, 11) is -3.98. The zero-order chi connectivity index (χ0) is 28.3. The molecule has 0 heterocycles. The second-order valence-electron chi connectivity index (χ2n) is 10.2. The van der Waals surface area contributed by atoms with Gasteiger partial charge in [-0.05, 0) is 55.5 Å². The highest BCUT2D eigenvalue weighted by Gasteiger charge is 2.36. The Kier molecular flexibility index (Phi) is 12.2. The van der Waals surface area contributed by atoms with Crippen LogP contribution in [0.4, 0.5) is 5.69 Å². The highest BCUT2D eigenvalue weighted by atomic mass is 31.2. The average Bonchev–Trinajstić information content (AvgIpc) is 2.87. The van der Waals surface area contributed by atoms with E-state index >= 15 is 0 Å². The number of benzene rings is 2. The van der Waals surface area contributed by atoms with Gasteiger partial charge in [0.05, 0.1) is 0 Å². The third-order valence-corrected chi connectivity index (χ3v) is 8.53. The van der Waals surface area contributed by atoms with Crippen molar-refractivity contribution in [2.45, 2.75) is 59.7 Å². The maximum Gasteiger partial charge on any atom is 0.253 e. The lowest BCUT2D eigenvalue weighted by Gasteiger charge is -2.27. The molecule has 0 fully saturated rings. The summed E-state index contributed by atoms with van der Waals surface area (Å²) in [5.41, 5.74) is 1.25. The highest BCUT2D eigenvalue weighted by Crippen LogP contribution is 2.49. The third-order valence-electron chi connectivity index (χ3n) is 6.15. The van der Waals surface area contributed by atoms with Crippen molar-refractivity contribution in [2.24, 2.45) is 11.8 Å². The van der Waals surface area contributed by atoms with Crippen LogP contribution in [-0.2, 0) is 9.36 Å². The fourth-order valence-corrected chi connectivity index (χ4v) is 6.50. The zero-order valence-corrected chi connectivity index (χ0v) is 24.0. The molecule has 8 nitrogen and oxygen atoms in total. The number of carbonyl (C=O) groups is 3. The molecule has 9 heteroatoms. The van der Waals surface area contributed by atoms with Crippen LogP contribution in [0.15, 0.2) is 54.6 Å². The normalized spacial score (nSPS) is 14.3. The van der Waals surface area contributed by atoms with Gasteiger partial charge in [-0.3, -0.25) is 18.9 Å². The number of para-hydroxylation sites is 1. The number of hydrogen-bond acceptors (Lipinski definition) is 4. The van der Waals surface area contributed by atoms with Crippen molar-refractivity contribution >= 4 is 30.8 Å². The third kappa shape index (κ3) is 9.41. The van der Waals surface area contributed by atoms with Gasteiger partial charge in [-0.15, -0.1) is 0 Å². The summed E-state index contributed by atoms with van der Waals surface area (Å²) in [6, 6.07) is 15.3. The monoisotopic (exact) mass is 543 g/mol. The molecule has 0 saturated carbocycles. The van der Waals surface area contributed by atoms with E-state index in [1.165, 1.54) is 6.07 Å². The quantitative estimate of drug-likeness (QED) is 0.269. The second-order valence-corrected chi connectivity index (χ2v) is 12.7. The number of amides is 3. The number of rotatable bonds is 14. The molecule has 2 rings (SSSR count). The predicted octanol–water partition coefficient (Wildman–Crippen LogP) is 5.60. The van der Waals surface area contributed by atoms with Crippen LogP contribution in [-0.4, -0.2) is 52.5 Å². The molecule has 0 aromatic heterocycles. The van der Waals surface area contributed by atoms with Gasteiger partial charge in [0.1, 0.15) is 5.78 Å². The fraction of sp³-hybridized carbons (Fsp3) is 0.483. The molecular formula is C29H42N3O5P. The summed E-state index contributed by atoms with van der Waals surface area (Å²) in [4.78, 5) is 51.7. The Balaban J connectivity index is 2.18. The Hall–Kier alpha value is -2.96. The molecule has 0 saturated heterocycles. The van der Waals surface area contributed by atoms with Gasteiger partial charge in [0, 0.05) is 42.0 Å². The van der Waals surface area contributed by atoms with E-state index in [2.05, 4.69) is 10.6 Å². The van der Waals surface area contributed by atoms with Gasteiger partial charge in [-0.1, -0.05) is 58.9 Å². The van der Waals surface area contributed by atoms with Crippen molar-refractivity contribution in [1.82, 2.24) is 10.2 Å². The van der Waals surface area contributed by atoms with E-state index in [0.29, 0.717) is 24.3 Å². The van der Waals surface area contributed by atoms with Crippen LogP contribution >= 0.6 is 7.37 Å². The van der Waals surface area contributed by atoms with Crippen molar-refractivity contribution in [3.8, 4) is 0 Å². The Morgan fingerprint density at radius 2 is 1.53 bits per heavy atom. The van der Waals surface area contributed by atoms with Gasteiger partial charge >= 0.3 is 0 Å². The van der Waals surface area contributed by atoms with E-state index in [9.17, 15) is 23.8 Å². The standard InChI is InChI=1S/C29H42N3O5P/c1-6-16-32(17-7-2)29(35)24-13-11-12-23(19-24)28(34)31-26(18-21(3)4)38(36,37)20-22(5)27(33)30-25-14-9-8-10-15-25/h8-15,19,21-22,26H,6-7,16-18,20H2,1-5H3,(H,30,33)(H,31,34)(H,36,37). The topological polar surface area (TPSA) is 116 Å². The number of anilines is 1. The van der Waals surface area contributed by atoms with Crippen LogP contribution in [0.25, 0.3) is 0 Å². The first kappa shape index (κ1) is 31.3. The molecule has 0 aliphatic heterocycles. The molecule has 3 N–H and O–H groups in total. The van der Waals surface area contributed by atoms with E-state index < -0.39 is 25.0 Å². The molecule has 2 aromatic carbocycles. The molecule has 0 bridgehead atoms. The van der Waals surface area contributed by atoms with Gasteiger partial charge in [0.2, 0.25) is 13.3 Å². The minimum atomic E-state index is -3.98. The Morgan fingerprint density at radius 3 is 2.11 bits per heavy atom. The van der Waals surface area contributed by atoms with Gasteiger partial charge in [-0.25, -0.2) is 0 Å². The van der Waals surface area contributed by atoms with Crippen molar-refractivity contribution < 1.29 is 23.8 Å². The summed E-state index contributed by atoms with van der Waals surface area (Å²) >= 11 is 0. The lowest BCUT2D eigenvalue weighted by Crippen LogP contribution is -2.38. The second kappa shape index (κ2) is 14.8. The molecule has 38 heavy (non-hydrogen) atoms. The van der Waals surface area contributed by atoms with Crippen LogP contribution in [0.5, 0.6) is 0 Å². The van der Waals surface area contributed by atoms with E-state index in [1.807, 2.05) is 33.8 Å². The van der Waals surface area contributed by atoms with E-state index in [4.69, 9.17) is 0 Å². The van der Waals surface area contributed by atoms with Crippen LogP contribution < -0.4 is 10.6 Å². The van der Waals surface area contributed by atoms with Gasteiger partial charge < -0.3 is 20.4 Å². The summed E-state index contributed by atoms with van der Waals surface area (Å²) in [5, 5.41) is 5.50. The van der Waals surface area contributed by atoms with E-state index in [0.717, 1.165) is 12.8 Å². The lowest BCUT2D eigenvalue weighted by molar-refractivity contribution is -0.118. The number of carbonyl (C=O) groups excluding carboxylic acids is 3. The molecule has 0 aliphatic rings. The maximum atomic E-state index is 13.5.